The third-order valence-corrected chi connectivity index (χ3v) is 4.11. The summed E-state index contributed by atoms with van der Waals surface area (Å²) in [5.41, 5.74) is 3.28. The molecule has 3 rings (SSSR count). The number of aromatic nitrogens is 4. The molecule has 2 heterocycles. The standard InChI is InChI=1S/C12H18N4S/c1-8-10-11(15(2)14-8)16(12(17)13-10)9-6-4-3-5-7-9/h9H,3-7H2,1-2H3,(H,13,17). The number of imidazole rings is 1. The Kier molecular flexibility index (Phi) is 2.58. The number of nitrogens with zero attached hydrogens (tertiary/aromatic N) is 3. The molecule has 17 heavy (non-hydrogen) atoms. The summed E-state index contributed by atoms with van der Waals surface area (Å²) in [6.45, 7) is 2.03. The maximum absolute atomic E-state index is 5.47. The lowest BCUT2D eigenvalue weighted by atomic mass is 9.95. The molecule has 0 unspecified atom stereocenters. The number of hydrogen-bond donors (Lipinski definition) is 1. The number of aryl methyl sites for hydroxylation is 2. The van der Waals surface area contributed by atoms with E-state index in [2.05, 4.69) is 14.6 Å². The molecule has 0 saturated heterocycles. The summed E-state index contributed by atoms with van der Waals surface area (Å²) in [6.07, 6.45) is 6.48. The number of H-pyrrole nitrogens is 1. The van der Waals surface area contributed by atoms with Crippen molar-refractivity contribution < 1.29 is 0 Å². The van der Waals surface area contributed by atoms with E-state index in [-0.39, 0.29) is 0 Å². The highest BCUT2D eigenvalue weighted by molar-refractivity contribution is 7.71. The molecule has 0 atom stereocenters. The van der Waals surface area contributed by atoms with Crippen molar-refractivity contribution in [1.82, 2.24) is 19.3 Å². The van der Waals surface area contributed by atoms with Crippen LogP contribution in [0.1, 0.15) is 43.8 Å². The number of fused-ring (bicyclic) bond motifs is 1. The lowest BCUT2D eigenvalue weighted by Crippen LogP contribution is -2.14. The Bertz CT molecular complexity index is 598. The van der Waals surface area contributed by atoms with Crippen LogP contribution in [-0.2, 0) is 7.05 Å². The predicted octanol–water partition coefficient (Wildman–Crippen LogP) is 3.25. The molecule has 0 aromatic carbocycles. The summed E-state index contributed by atoms with van der Waals surface area (Å²) in [5.74, 6) is 0. The number of nitrogens with one attached hydrogen (secondary N) is 1. The minimum Gasteiger partial charge on any atom is -0.328 e. The normalized spacial score (nSPS) is 18.0. The van der Waals surface area contributed by atoms with Gasteiger partial charge in [0.1, 0.15) is 5.52 Å². The fraction of sp³-hybridized carbons (Fsp3) is 0.667. The summed E-state index contributed by atoms with van der Waals surface area (Å²) in [4.78, 5) is 3.31. The highest BCUT2D eigenvalue weighted by Gasteiger charge is 2.21. The minimum absolute atomic E-state index is 0.555. The summed E-state index contributed by atoms with van der Waals surface area (Å²) in [7, 11) is 2.00. The van der Waals surface area contributed by atoms with Gasteiger partial charge >= 0.3 is 0 Å². The summed E-state index contributed by atoms with van der Waals surface area (Å²) >= 11 is 5.47. The summed E-state index contributed by atoms with van der Waals surface area (Å²) < 4.78 is 5.08. The molecule has 4 nitrogen and oxygen atoms in total. The van der Waals surface area contributed by atoms with E-state index in [4.69, 9.17) is 12.2 Å². The zero-order valence-corrected chi connectivity index (χ0v) is 11.2. The van der Waals surface area contributed by atoms with Crippen LogP contribution in [0.25, 0.3) is 11.2 Å². The molecule has 1 saturated carbocycles. The van der Waals surface area contributed by atoms with Gasteiger partial charge in [-0.3, -0.25) is 9.25 Å². The van der Waals surface area contributed by atoms with Crippen molar-refractivity contribution in [3.8, 4) is 0 Å². The zero-order valence-electron chi connectivity index (χ0n) is 10.4. The van der Waals surface area contributed by atoms with Crippen LogP contribution in [0.2, 0.25) is 0 Å². The SMILES string of the molecule is Cc1nn(C)c2c1[nH]c(=S)n2C1CCCCC1. The molecule has 0 radical (unpaired) electrons. The Balaban J connectivity index is 2.20. The Morgan fingerprint density at radius 1 is 1.29 bits per heavy atom. The van der Waals surface area contributed by atoms with Gasteiger partial charge in [-0.25, -0.2) is 0 Å². The quantitative estimate of drug-likeness (QED) is 0.789. The van der Waals surface area contributed by atoms with E-state index in [0.717, 1.165) is 21.6 Å². The second-order valence-electron chi connectivity index (χ2n) is 5.00. The van der Waals surface area contributed by atoms with Crippen LogP contribution in [-0.4, -0.2) is 19.3 Å². The van der Waals surface area contributed by atoms with Crippen molar-refractivity contribution in [2.75, 3.05) is 0 Å². The van der Waals surface area contributed by atoms with E-state index in [1.54, 1.807) is 0 Å². The first kappa shape index (κ1) is 11.0. The van der Waals surface area contributed by atoms with E-state index in [1.807, 2.05) is 18.7 Å². The topological polar surface area (TPSA) is 38.5 Å². The average molecular weight is 250 g/mol. The lowest BCUT2D eigenvalue weighted by Gasteiger charge is -2.23. The third-order valence-electron chi connectivity index (χ3n) is 3.81. The maximum Gasteiger partial charge on any atom is 0.179 e. The van der Waals surface area contributed by atoms with Gasteiger partial charge < -0.3 is 4.98 Å². The molecule has 1 N–H and O–H groups in total. The number of hydrogen-bond acceptors (Lipinski definition) is 2. The van der Waals surface area contributed by atoms with E-state index in [9.17, 15) is 0 Å². The van der Waals surface area contributed by atoms with Gasteiger partial charge in [0.05, 0.1) is 5.69 Å². The molecule has 2 aromatic rings. The van der Waals surface area contributed by atoms with Crippen LogP contribution in [0.5, 0.6) is 0 Å². The largest absolute Gasteiger partial charge is 0.328 e. The highest BCUT2D eigenvalue weighted by atomic mass is 32.1. The van der Waals surface area contributed by atoms with Gasteiger partial charge in [-0.05, 0) is 32.0 Å². The molecular formula is C12H18N4S. The Morgan fingerprint density at radius 2 is 2.00 bits per heavy atom. The van der Waals surface area contributed by atoms with Crippen LogP contribution in [0.4, 0.5) is 0 Å². The van der Waals surface area contributed by atoms with Gasteiger partial charge in [-0.2, -0.15) is 5.10 Å². The summed E-state index contributed by atoms with van der Waals surface area (Å²) in [5, 5.41) is 4.47. The average Bonchev–Trinajstić information content (AvgIpc) is 2.79. The first-order chi connectivity index (χ1) is 8.18. The van der Waals surface area contributed by atoms with E-state index in [0.29, 0.717) is 6.04 Å². The van der Waals surface area contributed by atoms with Crippen LogP contribution < -0.4 is 0 Å². The van der Waals surface area contributed by atoms with Crippen molar-refractivity contribution in [1.29, 1.82) is 0 Å². The zero-order chi connectivity index (χ0) is 12.0. The maximum atomic E-state index is 5.47. The first-order valence-electron chi connectivity index (χ1n) is 6.32. The van der Waals surface area contributed by atoms with Gasteiger partial charge in [0.15, 0.2) is 10.4 Å². The van der Waals surface area contributed by atoms with Gasteiger partial charge in [-0.1, -0.05) is 19.3 Å². The number of rotatable bonds is 1. The van der Waals surface area contributed by atoms with E-state index < -0.39 is 0 Å². The molecule has 1 fully saturated rings. The monoisotopic (exact) mass is 250 g/mol. The second kappa shape index (κ2) is 3.98. The van der Waals surface area contributed by atoms with Crippen molar-refractivity contribution in [2.24, 2.45) is 7.05 Å². The van der Waals surface area contributed by atoms with Crippen molar-refractivity contribution in [3.05, 3.63) is 10.5 Å². The lowest BCUT2D eigenvalue weighted by molar-refractivity contribution is 0.354. The van der Waals surface area contributed by atoms with Crippen LogP contribution in [0.3, 0.4) is 0 Å². The molecule has 2 aromatic heterocycles. The molecule has 0 amide bonds. The fourth-order valence-electron chi connectivity index (χ4n) is 3.01. The molecule has 92 valence electrons. The van der Waals surface area contributed by atoms with Gasteiger partial charge in [0.2, 0.25) is 0 Å². The third kappa shape index (κ3) is 1.64. The van der Waals surface area contributed by atoms with Crippen molar-refractivity contribution >= 4 is 23.4 Å². The van der Waals surface area contributed by atoms with Crippen LogP contribution in [0.15, 0.2) is 0 Å². The number of aromatic amines is 1. The van der Waals surface area contributed by atoms with Crippen molar-refractivity contribution in [2.45, 2.75) is 45.1 Å². The smallest absolute Gasteiger partial charge is 0.179 e. The van der Waals surface area contributed by atoms with E-state index in [1.165, 1.54) is 32.1 Å². The van der Waals surface area contributed by atoms with Crippen LogP contribution in [0, 0.1) is 11.7 Å². The van der Waals surface area contributed by atoms with Gasteiger partial charge in [0.25, 0.3) is 0 Å². The van der Waals surface area contributed by atoms with Crippen LogP contribution >= 0.6 is 12.2 Å². The fourth-order valence-corrected chi connectivity index (χ4v) is 3.35. The van der Waals surface area contributed by atoms with Gasteiger partial charge in [0, 0.05) is 13.1 Å². The molecule has 0 aliphatic heterocycles. The molecule has 0 spiro atoms. The summed E-state index contributed by atoms with van der Waals surface area (Å²) in [6, 6.07) is 0.555. The van der Waals surface area contributed by atoms with Crippen molar-refractivity contribution in [3.63, 3.8) is 0 Å². The molecular weight excluding hydrogens is 232 g/mol. The molecule has 1 aliphatic carbocycles. The Labute approximate surface area is 106 Å². The van der Waals surface area contributed by atoms with Gasteiger partial charge in [-0.15, -0.1) is 0 Å². The molecule has 1 aliphatic rings. The molecule has 0 bridgehead atoms. The second-order valence-corrected chi connectivity index (χ2v) is 5.39. The Hall–Kier alpha value is -1.10. The molecule has 5 heteroatoms. The highest BCUT2D eigenvalue weighted by Crippen LogP contribution is 2.31. The minimum atomic E-state index is 0.555. The Morgan fingerprint density at radius 3 is 2.71 bits per heavy atom. The predicted molar refractivity (Wildman–Crippen MR) is 70.7 cm³/mol. The first-order valence-corrected chi connectivity index (χ1v) is 6.73. The van der Waals surface area contributed by atoms with E-state index >= 15 is 0 Å².